The van der Waals surface area contributed by atoms with E-state index in [0.29, 0.717) is 42.6 Å². The van der Waals surface area contributed by atoms with Crippen LogP contribution in [0, 0.1) is 0 Å². The lowest BCUT2D eigenvalue weighted by Crippen LogP contribution is -2.27. The van der Waals surface area contributed by atoms with E-state index in [1.54, 1.807) is 61.7 Å². The lowest BCUT2D eigenvalue weighted by molar-refractivity contribution is -0.113. The lowest BCUT2D eigenvalue weighted by Gasteiger charge is -2.14. The maximum atomic E-state index is 13.0. The Morgan fingerprint density at radius 2 is 1.84 bits per heavy atom. The van der Waals surface area contributed by atoms with Crippen LogP contribution >= 0.6 is 35.6 Å². The van der Waals surface area contributed by atoms with Gasteiger partial charge in [0.15, 0.2) is 4.32 Å². The average molecular weight is 482 g/mol. The monoisotopic (exact) mass is 481 g/mol. The molecule has 3 aromatic carbocycles. The van der Waals surface area contributed by atoms with Gasteiger partial charge >= 0.3 is 0 Å². The second-order valence-corrected chi connectivity index (χ2v) is 8.69. The molecule has 0 saturated carbocycles. The lowest BCUT2D eigenvalue weighted by atomic mass is 10.1. The number of nitrogens with zero attached hydrogens (tertiary/aromatic N) is 3. The number of thiocarbonyl (C=S) groups is 1. The first-order chi connectivity index (χ1) is 15.5. The number of halogens is 1. The first kappa shape index (κ1) is 22.0. The fourth-order valence-electron chi connectivity index (χ4n) is 2.93. The summed E-state index contributed by atoms with van der Waals surface area (Å²) in [5, 5.41) is 19.1. The van der Waals surface area contributed by atoms with E-state index in [0.717, 1.165) is 11.8 Å². The molecule has 1 saturated heterocycles. The average Bonchev–Trinajstić information content (AvgIpc) is 3.08. The first-order valence-electron chi connectivity index (χ1n) is 9.37. The minimum atomic E-state index is -0.271. The van der Waals surface area contributed by atoms with Gasteiger partial charge in [-0.05, 0) is 60.7 Å². The molecule has 1 fully saturated rings. The smallest absolute Gasteiger partial charge is 0.270 e. The topological polar surface area (TPSA) is 74.5 Å². The van der Waals surface area contributed by atoms with Gasteiger partial charge in [-0.3, -0.25) is 9.69 Å². The number of aromatic hydroxyl groups is 1. The van der Waals surface area contributed by atoms with Crippen molar-refractivity contribution < 1.29 is 14.6 Å². The molecule has 3 aromatic rings. The highest BCUT2D eigenvalue weighted by Crippen LogP contribution is 2.38. The number of rotatable bonds is 5. The maximum absolute atomic E-state index is 13.0. The summed E-state index contributed by atoms with van der Waals surface area (Å²) in [6, 6.07) is 18.9. The summed E-state index contributed by atoms with van der Waals surface area (Å²) < 4.78 is 5.56. The van der Waals surface area contributed by atoms with Crippen LogP contribution in [0.5, 0.6) is 11.5 Å². The van der Waals surface area contributed by atoms with E-state index in [2.05, 4.69) is 10.2 Å². The number of phenols is 1. The first-order valence-corrected chi connectivity index (χ1v) is 11.0. The number of carbonyl (C=O) groups is 1. The van der Waals surface area contributed by atoms with Crippen molar-refractivity contribution in [2.45, 2.75) is 0 Å². The quantitative estimate of drug-likeness (QED) is 0.244. The highest BCUT2D eigenvalue weighted by atomic mass is 35.5. The normalized spacial score (nSPS) is 15.2. The van der Waals surface area contributed by atoms with Gasteiger partial charge in [0, 0.05) is 5.56 Å². The summed E-state index contributed by atoms with van der Waals surface area (Å²) in [6.45, 7) is 0. The fraction of sp³-hybridized carbons (Fsp3) is 0.0435. The van der Waals surface area contributed by atoms with Gasteiger partial charge in [0.25, 0.3) is 5.91 Å². The van der Waals surface area contributed by atoms with Crippen molar-refractivity contribution in [2.24, 2.45) is 10.2 Å². The number of thioether (sulfide) groups is 1. The van der Waals surface area contributed by atoms with E-state index in [4.69, 9.17) is 28.6 Å². The highest BCUT2D eigenvalue weighted by molar-refractivity contribution is 8.27. The number of carbonyl (C=O) groups excluding carboxylic acids is 1. The third kappa shape index (κ3) is 4.67. The Balaban J connectivity index is 1.60. The minimum Gasteiger partial charge on any atom is -0.507 e. The number of azo groups is 1. The summed E-state index contributed by atoms with van der Waals surface area (Å²) in [5.41, 5.74) is 2.10. The molecule has 1 aliphatic rings. The van der Waals surface area contributed by atoms with Crippen LogP contribution in [-0.2, 0) is 4.79 Å². The van der Waals surface area contributed by atoms with Crippen LogP contribution < -0.4 is 9.64 Å². The summed E-state index contributed by atoms with van der Waals surface area (Å²) in [5.74, 6) is 0.423. The third-order valence-electron chi connectivity index (χ3n) is 4.55. The largest absolute Gasteiger partial charge is 0.507 e. The van der Waals surface area contributed by atoms with E-state index in [1.165, 1.54) is 11.0 Å². The van der Waals surface area contributed by atoms with E-state index in [9.17, 15) is 9.90 Å². The molecule has 160 valence electrons. The zero-order chi connectivity index (χ0) is 22.7. The molecule has 9 heteroatoms. The second-order valence-electron chi connectivity index (χ2n) is 6.61. The van der Waals surface area contributed by atoms with Crippen molar-refractivity contribution in [2.75, 3.05) is 12.0 Å². The molecule has 0 spiro atoms. The molecule has 0 aromatic heterocycles. The van der Waals surface area contributed by atoms with Crippen LogP contribution in [0.25, 0.3) is 6.08 Å². The Morgan fingerprint density at radius 3 is 2.56 bits per heavy atom. The summed E-state index contributed by atoms with van der Waals surface area (Å²) in [4.78, 5) is 14.8. The van der Waals surface area contributed by atoms with E-state index in [-0.39, 0.29) is 11.7 Å². The maximum Gasteiger partial charge on any atom is 0.270 e. The molecular weight excluding hydrogens is 466 g/mol. The number of hydrogen-bond acceptors (Lipinski definition) is 7. The molecular formula is C23H16ClN3O3S2. The number of ether oxygens (including phenoxy) is 1. The van der Waals surface area contributed by atoms with Gasteiger partial charge in [-0.15, -0.1) is 5.11 Å². The molecule has 0 unspecified atom stereocenters. The van der Waals surface area contributed by atoms with Crippen LogP contribution in [0.1, 0.15) is 5.56 Å². The van der Waals surface area contributed by atoms with E-state index < -0.39 is 0 Å². The van der Waals surface area contributed by atoms with Crippen LogP contribution in [0.3, 0.4) is 0 Å². The Hall–Kier alpha value is -3.20. The SMILES string of the molecule is COc1ccc(N2C(=O)/C(=C\c3cc(N=Nc4ccccc4Cl)ccc3O)SC2=S)cc1. The summed E-state index contributed by atoms with van der Waals surface area (Å²) >= 11 is 12.7. The molecule has 1 N–H and O–H groups in total. The van der Waals surface area contributed by atoms with Gasteiger partial charge in [-0.25, -0.2) is 0 Å². The van der Waals surface area contributed by atoms with E-state index in [1.807, 2.05) is 12.1 Å². The van der Waals surface area contributed by atoms with Gasteiger partial charge in [-0.2, -0.15) is 5.11 Å². The molecule has 0 bridgehead atoms. The molecule has 4 rings (SSSR count). The van der Waals surface area contributed by atoms with Crippen molar-refractivity contribution in [1.29, 1.82) is 0 Å². The Labute approximate surface area is 199 Å². The van der Waals surface area contributed by atoms with Crippen molar-refractivity contribution in [3.63, 3.8) is 0 Å². The van der Waals surface area contributed by atoms with Crippen molar-refractivity contribution >= 4 is 68.9 Å². The predicted octanol–water partition coefficient (Wildman–Crippen LogP) is 6.88. The summed E-state index contributed by atoms with van der Waals surface area (Å²) in [6.07, 6.45) is 1.59. The minimum absolute atomic E-state index is 0.0106. The molecule has 1 amide bonds. The molecule has 1 heterocycles. The van der Waals surface area contributed by atoms with Gasteiger partial charge < -0.3 is 9.84 Å². The third-order valence-corrected chi connectivity index (χ3v) is 6.17. The Morgan fingerprint density at radius 1 is 1.09 bits per heavy atom. The number of phenolic OH excluding ortho intramolecular Hbond substituents is 1. The van der Waals surface area contributed by atoms with Gasteiger partial charge in [0.1, 0.15) is 17.2 Å². The Kier molecular flexibility index (Phi) is 6.55. The highest BCUT2D eigenvalue weighted by Gasteiger charge is 2.33. The van der Waals surface area contributed by atoms with Crippen molar-refractivity contribution in [3.8, 4) is 11.5 Å². The zero-order valence-corrected chi connectivity index (χ0v) is 19.1. The second kappa shape index (κ2) is 9.52. The zero-order valence-electron chi connectivity index (χ0n) is 16.7. The van der Waals surface area contributed by atoms with Crippen LogP contribution in [0.15, 0.2) is 81.9 Å². The number of hydrogen-bond donors (Lipinski definition) is 1. The molecule has 0 radical (unpaired) electrons. The molecule has 32 heavy (non-hydrogen) atoms. The molecule has 0 atom stereocenters. The number of methoxy groups -OCH3 is 1. The van der Waals surface area contributed by atoms with Crippen LogP contribution in [0.4, 0.5) is 17.1 Å². The van der Waals surface area contributed by atoms with Crippen molar-refractivity contribution in [1.82, 2.24) is 0 Å². The standard InChI is InChI=1S/C23H16ClN3O3S2/c1-30-17-9-7-16(8-10-17)27-22(29)21(32-23(27)31)13-14-12-15(6-11-20(14)28)25-26-19-5-3-2-4-18(19)24/h2-13,28H,1H3/b21-13+,26-25?. The van der Waals surface area contributed by atoms with Crippen LogP contribution in [0.2, 0.25) is 5.02 Å². The number of anilines is 1. The van der Waals surface area contributed by atoms with Crippen LogP contribution in [-0.4, -0.2) is 22.4 Å². The molecule has 0 aliphatic carbocycles. The van der Waals surface area contributed by atoms with E-state index >= 15 is 0 Å². The van der Waals surface area contributed by atoms with Gasteiger partial charge in [0.2, 0.25) is 0 Å². The fourth-order valence-corrected chi connectivity index (χ4v) is 4.39. The van der Waals surface area contributed by atoms with Gasteiger partial charge in [0.05, 0.1) is 28.4 Å². The summed E-state index contributed by atoms with van der Waals surface area (Å²) in [7, 11) is 1.58. The number of amides is 1. The van der Waals surface area contributed by atoms with Crippen molar-refractivity contribution in [3.05, 3.63) is 82.2 Å². The molecule has 1 aliphatic heterocycles. The number of benzene rings is 3. The predicted molar refractivity (Wildman–Crippen MR) is 132 cm³/mol. The Bertz CT molecular complexity index is 1260. The molecule has 6 nitrogen and oxygen atoms in total. The van der Waals surface area contributed by atoms with Gasteiger partial charge in [-0.1, -0.05) is 47.7 Å².